The molecule has 3 aliphatic rings. The van der Waals surface area contributed by atoms with Gasteiger partial charge in [-0.2, -0.15) is 8.78 Å². The Morgan fingerprint density at radius 1 is 0.747 bits per heavy atom. The normalized spacial score (nSPS) is 19.4. The van der Waals surface area contributed by atoms with Gasteiger partial charge in [0.25, 0.3) is 5.91 Å². The van der Waals surface area contributed by atoms with Crippen LogP contribution < -0.4 is 21.3 Å². The van der Waals surface area contributed by atoms with Crippen LogP contribution in [0.15, 0.2) is 84.4 Å². The maximum atomic E-state index is 15.0. The first-order valence-electron chi connectivity index (χ1n) is 30.9. The van der Waals surface area contributed by atoms with Gasteiger partial charge in [0, 0.05) is 68.3 Å². The maximum absolute atomic E-state index is 15.0. The molecule has 3 saturated heterocycles. The van der Waals surface area contributed by atoms with Crippen LogP contribution in [-0.2, 0) is 43.8 Å². The number of nitrogens with zero attached hydrogens (tertiary/aromatic N) is 5. The molecule has 0 spiro atoms. The number of benzene rings is 3. The summed E-state index contributed by atoms with van der Waals surface area (Å²) in [6, 6.07) is 17.1. The maximum Gasteiger partial charge on any atom is 0.399 e. The SMILES string of the molecule is Cc1ncsc1-c1ccc([C@H](C)NC(=O)[C@@H]2C[C@@H](O)CN2C(=O)C(NC(=O)CCCCCCNC(=O)CC(=O)N2CCN(C(=O)C(NC(=O)c3cc4cc(C(F)(F)P(=O)(O)O)ccc4s3)C(C)(C)C)C(C(=O)N3CCCC(c4ccccc4)C3)C2)C(C)(C)C)cc1. The topological polar surface area (TPSA) is 288 Å². The summed E-state index contributed by atoms with van der Waals surface area (Å²) < 4.78 is 41.3. The van der Waals surface area contributed by atoms with Crippen LogP contribution in [0.5, 0.6) is 0 Å². The van der Waals surface area contributed by atoms with Crippen LogP contribution >= 0.6 is 30.3 Å². The average Bonchev–Trinajstić information content (AvgIpc) is 1.97. The summed E-state index contributed by atoms with van der Waals surface area (Å²) in [6.07, 6.45) is 2.47. The third kappa shape index (κ3) is 17.2. The number of piperidine rings is 1. The summed E-state index contributed by atoms with van der Waals surface area (Å²) in [4.78, 5) is 142. The minimum Gasteiger partial charge on any atom is -0.391 e. The van der Waals surface area contributed by atoms with Crippen LogP contribution in [-0.4, -0.2) is 163 Å². The molecule has 8 rings (SSSR count). The first kappa shape index (κ1) is 69.9. The van der Waals surface area contributed by atoms with Crippen LogP contribution in [0.1, 0.15) is 150 Å². The third-order valence-electron chi connectivity index (χ3n) is 17.2. The number of amides is 8. The number of piperazine rings is 1. The fourth-order valence-electron chi connectivity index (χ4n) is 11.9. The molecular formula is C65H84F2N9O12PS2. The summed E-state index contributed by atoms with van der Waals surface area (Å²) in [5, 5.41) is 22.4. The fraction of sp³-hybridized carbons (Fsp3) is 0.523. The van der Waals surface area contributed by atoms with Crippen molar-refractivity contribution in [2.75, 3.05) is 45.8 Å². The number of rotatable bonds is 22. The Balaban J connectivity index is 0.826. The van der Waals surface area contributed by atoms with E-state index in [1.54, 1.807) is 42.5 Å². The molecule has 0 aliphatic carbocycles. The Morgan fingerprint density at radius 3 is 2.08 bits per heavy atom. The molecule has 5 aromatic rings. The number of aromatic nitrogens is 1. The van der Waals surface area contributed by atoms with Gasteiger partial charge in [-0.25, -0.2) is 4.98 Å². The van der Waals surface area contributed by atoms with Gasteiger partial charge in [0.15, 0.2) is 0 Å². The summed E-state index contributed by atoms with van der Waals surface area (Å²) >= 11 is 2.48. The van der Waals surface area contributed by atoms with E-state index in [0.717, 1.165) is 57.2 Å². The predicted molar refractivity (Wildman–Crippen MR) is 343 cm³/mol. The quantitative estimate of drug-likeness (QED) is 0.0197. The molecule has 3 fully saturated rings. The van der Waals surface area contributed by atoms with Gasteiger partial charge in [0.05, 0.1) is 39.6 Å². The van der Waals surface area contributed by atoms with Crippen molar-refractivity contribution in [1.29, 1.82) is 0 Å². The number of fused-ring (bicyclic) bond motifs is 1. The molecule has 492 valence electrons. The molecule has 5 heterocycles. The molecule has 91 heavy (non-hydrogen) atoms. The average molecular weight is 1320 g/mol. The second-order valence-electron chi connectivity index (χ2n) is 26.2. The Labute approximate surface area is 537 Å². The van der Waals surface area contributed by atoms with Crippen molar-refractivity contribution in [3.63, 3.8) is 0 Å². The Hall–Kier alpha value is -7.02. The highest BCUT2D eigenvalue weighted by molar-refractivity contribution is 7.52. The molecule has 26 heteroatoms. The number of hydrogen-bond acceptors (Lipinski definition) is 13. The van der Waals surface area contributed by atoms with E-state index >= 15 is 0 Å². The number of alkyl halides is 2. The van der Waals surface area contributed by atoms with E-state index in [-0.39, 0.29) is 67.7 Å². The van der Waals surface area contributed by atoms with Crippen molar-refractivity contribution in [1.82, 2.24) is 45.9 Å². The number of unbranched alkanes of at least 4 members (excludes halogenated alkanes) is 3. The Kier molecular flexibility index (Phi) is 22.5. The highest BCUT2D eigenvalue weighted by atomic mass is 32.1. The summed E-state index contributed by atoms with van der Waals surface area (Å²) in [5.74, 6) is -4.02. The zero-order valence-electron chi connectivity index (χ0n) is 52.7. The molecule has 3 aliphatic heterocycles. The van der Waals surface area contributed by atoms with E-state index in [2.05, 4.69) is 26.3 Å². The van der Waals surface area contributed by atoms with Gasteiger partial charge < -0.3 is 55.8 Å². The van der Waals surface area contributed by atoms with E-state index in [1.165, 1.54) is 26.8 Å². The third-order valence-corrected chi connectivity index (χ3v) is 20.3. The smallest absolute Gasteiger partial charge is 0.391 e. The van der Waals surface area contributed by atoms with Crippen molar-refractivity contribution in [2.45, 2.75) is 161 Å². The van der Waals surface area contributed by atoms with Crippen molar-refractivity contribution < 1.29 is 66.6 Å². The largest absolute Gasteiger partial charge is 0.399 e. The van der Waals surface area contributed by atoms with Gasteiger partial charge in [0.1, 0.15) is 30.6 Å². The number of carbonyl (C=O) groups is 8. The Morgan fingerprint density at radius 2 is 1.42 bits per heavy atom. The van der Waals surface area contributed by atoms with Crippen LogP contribution in [0.25, 0.3) is 20.5 Å². The summed E-state index contributed by atoms with van der Waals surface area (Å²) in [5.41, 5.74) is -1.44. The fourth-order valence-corrected chi connectivity index (χ4v) is 14.2. The van der Waals surface area contributed by atoms with Crippen LogP contribution in [0.4, 0.5) is 8.78 Å². The summed E-state index contributed by atoms with van der Waals surface area (Å²) in [6.45, 7) is 15.0. The standard InChI is InChI=1S/C65H84F2N9O12PS2/c1-39(41-21-23-43(24-22-41)55-40(2)69-38-90-55)70-58(81)48-33-47(77)36-76(48)62(85)56(63(3,4)5)71-52(78)20-14-9-10-15-27-68-53(79)34-54(80)73-29-30-75(49(37-73)60(83)74-28-16-19-44(35-74)42-17-12-11-13-18-42)61(84)57(64(6,7)8)72-59(82)51-32-45-31-46(25-26-50(45)91-51)65(66,67)89(86,87)88/h11-13,17-18,21-26,31-32,38-39,44,47-49,56-57,77H,9-10,14-16,19-20,27-30,33-37H2,1-8H3,(H,68,79)(H,70,81)(H,71,78)(H,72,82)(H2,86,87,88)/t39-,44?,47+,48-,49?,56?,57?/m0/s1. The predicted octanol–water partition coefficient (Wildman–Crippen LogP) is 7.98. The molecule has 7 N–H and O–H groups in total. The molecule has 0 radical (unpaired) electrons. The van der Waals surface area contributed by atoms with Crippen LogP contribution in [0.3, 0.4) is 0 Å². The molecule has 4 unspecified atom stereocenters. The van der Waals surface area contributed by atoms with Gasteiger partial charge in [-0.1, -0.05) is 115 Å². The lowest BCUT2D eigenvalue weighted by Crippen LogP contribution is -2.66. The molecule has 0 saturated carbocycles. The minimum atomic E-state index is -5.88. The lowest BCUT2D eigenvalue weighted by Gasteiger charge is -2.45. The first-order valence-corrected chi connectivity index (χ1v) is 34.2. The van der Waals surface area contributed by atoms with E-state index < -0.39 is 114 Å². The van der Waals surface area contributed by atoms with Crippen molar-refractivity contribution >= 4 is 87.6 Å². The molecular weight excluding hydrogens is 1230 g/mol. The van der Waals surface area contributed by atoms with E-state index in [4.69, 9.17) is 0 Å². The number of thiazole rings is 1. The van der Waals surface area contributed by atoms with E-state index in [0.29, 0.717) is 49.9 Å². The molecule has 2 aromatic heterocycles. The van der Waals surface area contributed by atoms with Gasteiger partial charge >= 0.3 is 13.3 Å². The molecule has 21 nitrogen and oxygen atoms in total. The number of aliphatic hydroxyl groups is 1. The highest BCUT2D eigenvalue weighted by Gasteiger charge is 2.51. The number of nitrogens with one attached hydrogen (secondary N) is 4. The Bertz CT molecular complexity index is 3510. The monoisotopic (exact) mass is 1320 g/mol. The number of aryl methyl sites for hydroxylation is 1. The van der Waals surface area contributed by atoms with Crippen molar-refractivity contribution in [3.8, 4) is 10.4 Å². The van der Waals surface area contributed by atoms with Crippen molar-refractivity contribution in [2.24, 2.45) is 10.8 Å². The second kappa shape index (κ2) is 29.3. The summed E-state index contributed by atoms with van der Waals surface area (Å²) in [7, 11) is -5.88. The molecule has 3 aromatic carbocycles. The zero-order valence-corrected chi connectivity index (χ0v) is 55.2. The first-order chi connectivity index (χ1) is 42.8. The van der Waals surface area contributed by atoms with Crippen LogP contribution in [0, 0.1) is 17.8 Å². The minimum absolute atomic E-state index is 0.0118. The van der Waals surface area contributed by atoms with Crippen LogP contribution in [0.2, 0.25) is 0 Å². The number of β-amino-alcohol motifs (C(OH)–C–C–N with tert-alkyl or cyclic N) is 1. The lowest BCUT2D eigenvalue weighted by molar-refractivity contribution is -0.155. The van der Waals surface area contributed by atoms with Gasteiger partial charge in [-0.3, -0.25) is 42.9 Å². The van der Waals surface area contributed by atoms with E-state index in [9.17, 15) is 66.6 Å². The lowest BCUT2D eigenvalue weighted by atomic mass is 9.85. The number of aliphatic hydroxyl groups excluding tert-OH is 1. The van der Waals surface area contributed by atoms with Gasteiger partial charge in [-0.15, -0.1) is 22.7 Å². The molecule has 8 amide bonds. The number of halogens is 2. The highest BCUT2D eigenvalue weighted by Crippen LogP contribution is 2.59. The number of thiophene rings is 1. The number of likely N-dealkylation sites (tertiary alicyclic amines) is 2. The zero-order chi connectivity index (χ0) is 66.3. The molecule has 0 bridgehead atoms. The second-order valence-corrected chi connectivity index (χ2v) is 29.8. The van der Waals surface area contributed by atoms with E-state index in [1.807, 2.05) is 89.2 Å². The number of carbonyl (C=O) groups excluding carboxylic acids is 8. The molecule has 7 atom stereocenters. The van der Waals surface area contributed by atoms with Crippen molar-refractivity contribution in [3.05, 3.63) is 112 Å². The van der Waals surface area contributed by atoms with Gasteiger partial charge in [-0.05, 0) is 90.6 Å². The van der Waals surface area contributed by atoms with Gasteiger partial charge in [0.2, 0.25) is 41.4 Å². The number of hydrogen-bond donors (Lipinski definition) is 7.